The van der Waals surface area contributed by atoms with Gasteiger partial charge in [0.05, 0.1) is 159 Å². The molecule has 15 nitrogen and oxygen atoms in total. The van der Waals surface area contributed by atoms with E-state index in [0.717, 1.165) is 0 Å². The highest BCUT2D eigenvalue weighted by Gasteiger charge is 1.98. The van der Waals surface area contributed by atoms with E-state index in [1.54, 1.807) is 7.05 Å². The van der Waals surface area contributed by atoms with Gasteiger partial charge in [0.1, 0.15) is 0 Å². The fourth-order valence-electron chi connectivity index (χ4n) is 2.89. The van der Waals surface area contributed by atoms with Crippen molar-refractivity contribution < 1.29 is 61.6 Å². The summed E-state index contributed by atoms with van der Waals surface area (Å²) >= 11 is 0. The summed E-state index contributed by atoms with van der Waals surface area (Å²) in [5, 5.41) is 2.54. The van der Waals surface area contributed by atoms with E-state index < -0.39 is 0 Å². The van der Waals surface area contributed by atoms with Crippen molar-refractivity contribution in [3.63, 3.8) is 0 Å². The molecule has 0 unspecified atom stereocenters. The maximum Gasteiger partial charge on any atom is 0.222 e. The molecule has 0 spiro atoms. The van der Waals surface area contributed by atoms with Crippen LogP contribution in [0.5, 0.6) is 0 Å². The second-order valence-electron chi connectivity index (χ2n) is 8.56. The first kappa shape index (κ1) is 42.0. The molecule has 0 aromatic heterocycles. The maximum absolute atomic E-state index is 11.0. The van der Waals surface area contributed by atoms with Crippen molar-refractivity contribution >= 4 is 5.91 Å². The topological polar surface area (TPSA) is 166 Å². The lowest BCUT2D eigenvalue weighted by molar-refractivity contribution is -0.121. The molecule has 0 saturated carbocycles. The highest BCUT2D eigenvalue weighted by atomic mass is 16.6. The molecule has 0 heterocycles. The molecule has 15 heteroatoms. The highest BCUT2D eigenvalue weighted by molar-refractivity contribution is 5.75. The van der Waals surface area contributed by atoms with Gasteiger partial charge < -0.3 is 67.9 Å². The van der Waals surface area contributed by atoms with Gasteiger partial charge in [0.2, 0.25) is 5.91 Å². The molecule has 0 radical (unpaired) electrons. The van der Waals surface area contributed by atoms with Gasteiger partial charge in [-0.05, 0) is 0 Å². The van der Waals surface area contributed by atoms with Crippen LogP contribution < -0.4 is 11.1 Å². The minimum absolute atomic E-state index is 0.0364. The van der Waals surface area contributed by atoms with Gasteiger partial charge in [0.25, 0.3) is 0 Å². The Balaban J connectivity index is 3.04. The van der Waals surface area contributed by atoms with Gasteiger partial charge in [0.15, 0.2) is 0 Å². The standard InChI is InChI=1S/C28H58N2O13/c1-30-28(31)2-4-32-6-8-34-10-12-36-14-16-38-18-20-40-22-24-42-26-27-43-25-23-41-21-19-39-17-15-37-13-11-35-9-7-33-5-3-29/h2-27,29H2,1H3,(H,30,31). The molecule has 0 aromatic rings. The Morgan fingerprint density at radius 3 is 0.744 bits per heavy atom. The Morgan fingerprint density at radius 1 is 0.372 bits per heavy atom. The summed E-state index contributed by atoms with van der Waals surface area (Å²) in [5.41, 5.74) is 5.32. The van der Waals surface area contributed by atoms with Crippen LogP contribution in [0.1, 0.15) is 6.42 Å². The number of carbonyl (C=O) groups is 1. The summed E-state index contributed by atoms with van der Waals surface area (Å²) in [7, 11) is 1.60. The third kappa shape index (κ3) is 38.9. The van der Waals surface area contributed by atoms with E-state index in [9.17, 15) is 4.79 Å². The minimum atomic E-state index is -0.0364. The largest absolute Gasteiger partial charge is 0.379 e. The lowest BCUT2D eigenvalue weighted by atomic mass is 10.4. The molecule has 0 rings (SSSR count). The fourth-order valence-corrected chi connectivity index (χ4v) is 2.89. The first-order valence-corrected chi connectivity index (χ1v) is 15.1. The first-order valence-electron chi connectivity index (χ1n) is 15.1. The van der Waals surface area contributed by atoms with Gasteiger partial charge in [0, 0.05) is 20.0 Å². The molecule has 0 saturated heterocycles. The zero-order valence-electron chi connectivity index (χ0n) is 26.3. The molecule has 0 atom stereocenters. The molecule has 0 aliphatic heterocycles. The van der Waals surface area contributed by atoms with Gasteiger partial charge in [-0.1, -0.05) is 0 Å². The van der Waals surface area contributed by atoms with Crippen molar-refractivity contribution in [1.29, 1.82) is 0 Å². The number of hydrogen-bond donors (Lipinski definition) is 2. The summed E-state index contributed by atoms with van der Waals surface area (Å²) < 4.78 is 64.8. The van der Waals surface area contributed by atoms with Gasteiger partial charge in [-0.3, -0.25) is 4.79 Å². The Morgan fingerprint density at radius 2 is 0.558 bits per heavy atom. The second-order valence-corrected chi connectivity index (χ2v) is 8.56. The van der Waals surface area contributed by atoms with Gasteiger partial charge in [-0.25, -0.2) is 0 Å². The van der Waals surface area contributed by atoms with E-state index in [1.807, 2.05) is 0 Å². The number of ether oxygens (including phenoxy) is 12. The van der Waals surface area contributed by atoms with Gasteiger partial charge >= 0.3 is 0 Å². The van der Waals surface area contributed by atoms with Crippen LogP contribution in [-0.4, -0.2) is 178 Å². The molecule has 0 aliphatic carbocycles. The van der Waals surface area contributed by atoms with E-state index in [0.29, 0.717) is 172 Å². The third-order valence-electron chi connectivity index (χ3n) is 5.11. The van der Waals surface area contributed by atoms with Gasteiger partial charge in [-0.15, -0.1) is 0 Å². The first-order chi connectivity index (χ1) is 21.3. The van der Waals surface area contributed by atoms with Crippen LogP contribution in [0.4, 0.5) is 0 Å². The molecule has 258 valence electrons. The molecule has 0 aromatic carbocycles. The lowest BCUT2D eigenvalue weighted by Gasteiger charge is -2.09. The van der Waals surface area contributed by atoms with Crippen molar-refractivity contribution in [1.82, 2.24) is 5.32 Å². The Kier molecular flexibility index (Phi) is 38.0. The van der Waals surface area contributed by atoms with Crippen LogP contribution in [0.25, 0.3) is 0 Å². The lowest BCUT2D eigenvalue weighted by Crippen LogP contribution is -2.20. The van der Waals surface area contributed by atoms with E-state index in [2.05, 4.69) is 5.32 Å². The minimum Gasteiger partial charge on any atom is -0.379 e. The third-order valence-corrected chi connectivity index (χ3v) is 5.11. The normalized spacial score (nSPS) is 11.4. The molecule has 0 fully saturated rings. The smallest absolute Gasteiger partial charge is 0.222 e. The van der Waals surface area contributed by atoms with Crippen LogP contribution in [0.3, 0.4) is 0 Å². The van der Waals surface area contributed by atoms with E-state index in [-0.39, 0.29) is 5.91 Å². The SMILES string of the molecule is CNC(=O)CCOCCOCCOCCOCCOCCOCCOCCOCCOCCOCCOCCOCCN. The number of amides is 1. The second kappa shape index (κ2) is 39.0. The molecular weight excluding hydrogens is 572 g/mol. The van der Waals surface area contributed by atoms with Crippen LogP contribution in [0, 0.1) is 0 Å². The predicted octanol–water partition coefficient (Wildman–Crippen LogP) is -0.720. The number of carbonyl (C=O) groups excluding carboxylic acids is 1. The summed E-state index contributed by atoms with van der Waals surface area (Å²) in [6.45, 7) is 12.6. The number of rotatable bonds is 38. The zero-order valence-corrected chi connectivity index (χ0v) is 26.3. The summed E-state index contributed by atoms with van der Waals surface area (Å²) in [6, 6.07) is 0. The molecule has 3 N–H and O–H groups in total. The monoisotopic (exact) mass is 630 g/mol. The van der Waals surface area contributed by atoms with Crippen molar-refractivity contribution in [2.24, 2.45) is 5.73 Å². The van der Waals surface area contributed by atoms with Crippen LogP contribution >= 0.6 is 0 Å². The van der Waals surface area contributed by atoms with Crippen LogP contribution in [0.15, 0.2) is 0 Å². The Hall–Kier alpha value is -1.05. The molecular formula is C28H58N2O13. The van der Waals surface area contributed by atoms with Crippen molar-refractivity contribution in [2.45, 2.75) is 6.42 Å². The fraction of sp³-hybridized carbons (Fsp3) is 0.964. The number of nitrogens with two attached hydrogens (primary N) is 1. The van der Waals surface area contributed by atoms with E-state index in [1.165, 1.54) is 0 Å². The van der Waals surface area contributed by atoms with Crippen molar-refractivity contribution in [3.05, 3.63) is 0 Å². The van der Waals surface area contributed by atoms with Crippen molar-refractivity contribution in [3.8, 4) is 0 Å². The molecule has 43 heavy (non-hydrogen) atoms. The molecule has 0 aliphatic rings. The quantitative estimate of drug-likeness (QED) is 0.0821. The summed E-state index contributed by atoms with van der Waals surface area (Å²) in [6.07, 6.45) is 0.355. The summed E-state index contributed by atoms with van der Waals surface area (Å²) in [5.74, 6) is -0.0364. The zero-order chi connectivity index (χ0) is 31.2. The van der Waals surface area contributed by atoms with Gasteiger partial charge in [-0.2, -0.15) is 0 Å². The van der Waals surface area contributed by atoms with E-state index >= 15 is 0 Å². The van der Waals surface area contributed by atoms with Crippen LogP contribution in [-0.2, 0) is 61.6 Å². The summed E-state index contributed by atoms with van der Waals surface area (Å²) in [4.78, 5) is 11.0. The Bertz CT molecular complexity index is 539. The van der Waals surface area contributed by atoms with Crippen molar-refractivity contribution in [2.75, 3.05) is 172 Å². The van der Waals surface area contributed by atoms with Crippen LogP contribution in [0.2, 0.25) is 0 Å². The number of hydrogen-bond acceptors (Lipinski definition) is 14. The molecule has 0 bridgehead atoms. The number of nitrogens with one attached hydrogen (secondary N) is 1. The average molecular weight is 631 g/mol. The average Bonchev–Trinajstić information content (AvgIpc) is 3.02. The maximum atomic E-state index is 11.0. The highest BCUT2D eigenvalue weighted by Crippen LogP contribution is 1.88. The van der Waals surface area contributed by atoms with E-state index in [4.69, 9.17) is 62.6 Å². The Labute approximate surface area is 257 Å². The predicted molar refractivity (Wildman–Crippen MR) is 158 cm³/mol. The molecule has 1 amide bonds.